The standard InChI is InChI=1S/C7H17NO2S/c1-7-3-5-8(6-4-7)11(2,9)10/h7,9-10H,3-6H2,1-2H3. The molecule has 0 saturated carbocycles. The Morgan fingerprint density at radius 3 is 2.09 bits per heavy atom. The van der Waals surface area contributed by atoms with Crippen molar-refractivity contribution in [2.24, 2.45) is 5.92 Å². The van der Waals surface area contributed by atoms with Crippen LogP contribution in [0.3, 0.4) is 0 Å². The maximum atomic E-state index is 9.29. The second kappa shape index (κ2) is 3.31. The summed E-state index contributed by atoms with van der Waals surface area (Å²) in [7, 11) is -2.42. The Bertz CT molecular complexity index is 127. The van der Waals surface area contributed by atoms with Crippen molar-refractivity contribution >= 4 is 10.8 Å². The molecule has 1 heterocycles. The molecule has 4 heteroatoms. The molecule has 0 aromatic rings. The first-order valence-electron chi connectivity index (χ1n) is 3.98. The van der Waals surface area contributed by atoms with Gasteiger partial charge in [0, 0.05) is 19.3 Å². The van der Waals surface area contributed by atoms with E-state index in [4.69, 9.17) is 0 Å². The van der Waals surface area contributed by atoms with Crippen molar-refractivity contribution in [2.45, 2.75) is 19.8 Å². The molecule has 11 heavy (non-hydrogen) atoms. The minimum absolute atomic E-state index is 0.744. The molecule has 3 nitrogen and oxygen atoms in total. The van der Waals surface area contributed by atoms with Gasteiger partial charge < -0.3 is 0 Å². The van der Waals surface area contributed by atoms with Crippen LogP contribution in [0.4, 0.5) is 0 Å². The summed E-state index contributed by atoms with van der Waals surface area (Å²) in [4.78, 5) is 0. The smallest absolute Gasteiger partial charge is 0.0418 e. The molecule has 0 unspecified atom stereocenters. The number of rotatable bonds is 1. The normalized spacial score (nSPS) is 25.5. The highest BCUT2D eigenvalue weighted by molar-refractivity contribution is 8.21. The van der Waals surface area contributed by atoms with Gasteiger partial charge in [-0.15, -0.1) is 10.8 Å². The largest absolute Gasteiger partial charge is 0.286 e. The maximum absolute atomic E-state index is 9.29. The van der Waals surface area contributed by atoms with Crippen molar-refractivity contribution < 1.29 is 9.11 Å². The molecule has 0 amide bonds. The highest BCUT2D eigenvalue weighted by Gasteiger charge is 2.22. The van der Waals surface area contributed by atoms with Crippen LogP contribution in [0.25, 0.3) is 0 Å². The minimum atomic E-state index is -2.42. The van der Waals surface area contributed by atoms with Crippen molar-refractivity contribution in [1.29, 1.82) is 0 Å². The molecule has 0 atom stereocenters. The van der Waals surface area contributed by atoms with Crippen LogP contribution in [-0.2, 0) is 0 Å². The van der Waals surface area contributed by atoms with Crippen molar-refractivity contribution in [1.82, 2.24) is 4.31 Å². The van der Waals surface area contributed by atoms with Crippen LogP contribution < -0.4 is 0 Å². The Labute approximate surface area is 69.9 Å². The second-order valence-corrected chi connectivity index (χ2v) is 5.51. The molecule has 0 spiro atoms. The first-order valence-corrected chi connectivity index (χ1v) is 5.89. The van der Waals surface area contributed by atoms with Gasteiger partial charge in [-0.3, -0.25) is 9.11 Å². The van der Waals surface area contributed by atoms with Gasteiger partial charge in [-0.2, -0.15) is 0 Å². The third-order valence-corrected chi connectivity index (χ3v) is 3.58. The van der Waals surface area contributed by atoms with Gasteiger partial charge in [0.1, 0.15) is 0 Å². The molecule has 0 bridgehead atoms. The lowest BCUT2D eigenvalue weighted by molar-refractivity contribution is 0.264. The predicted molar refractivity (Wildman–Crippen MR) is 48.7 cm³/mol. The van der Waals surface area contributed by atoms with Gasteiger partial charge in [0.25, 0.3) is 0 Å². The van der Waals surface area contributed by atoms with E-state index in [1.807, 2.05) is 0 Å². The maximum Gasteiger partial charge on any atom is 0.0418 e. The van der Waals surface area contributed by atoms with Crippen LogP contribution in [0.5, 0.6) is 0 Å². The van der Waals surface area contributed by atoms with Crippen LogP contribution >= 0.6 is 10.8 Å². The van der Waals surface area contributed by atoms with Crippen LogP contribution in [-0.4, -0.2) is 32.8 Å². The van der Waals surface area contributed by atoms with E-state index >= 15 is 0 Å². The summed E-state index contributed by atoms with van der Waals surface area (Å²) in [5.74, 6) is 0.744. The molecule has 2 N–H and O–H groups in total. The Morgan fingerprint density at radius 2 is 1.73 bits per heavy atom. The number of piperidine rings is 1. The molecule has 68 valence electrons. The van der Waals surface area contributed by atoms with E-state index < -0.39 is 10.8 Å². The number of nitrogens with zero attached hydrogens (tertiary/aromatic N) is 1. The predicted octanol–water partition coefficient (Wildman–Crippen LogP) is 2.01. The fraction of sp³-hybridized carbons (Fsp3) is 1.00. The van der Waals surface area contributed by atoms with E-state index in [0.29, 0.717) is 0 Å². The van der Waals surface area contributed by atoms with Crippen molar-refractivity contribution in [3.05, 3.63) is 0 Å². The van der Waals surface area contributed by atoms with Crippen LogP contribution in [0.1, 0.15) is 19.8 Å². The lowest BCUT2D eigenvalue weighted by atomic mass is 10.0. The van der Waals surface area contributed by atoms with Gasteiger partial charge in [-0.25, -0.2) is 4.31 Å². The zero-order chi connectivity index (χ0) is 8.48. The van der Waals surface area contributed by atoms with Crippen LogP contribution in [0, 0.1) is 5.92 Å². The number of hydrogen-bond donors (Lipinski definition) is 2. The van der Waals surface area contributed by atoms with E-state index in [0.717, 1.165) is 31.8 Å². The van der Waals surface area contributed by atoms with Gasteiger partial charge >= 0.3 is 0 Å². The highest BCUT2D eigenvalue weighted by Crippen LogP contribution is 2.41. The summed E-state index contributed by atoms with van der Waals surface area (Å²) >= 11 is 0. The van der Waals surface area contributed by atoms with E-state index in [-0.39, 0.29) is 0 Å². The molecule has 1 rings (SSSR count). The Morgan fingerprint density at radius 1 is 1.27 bits per heavy atom. The zero-order valence-electron chi connectivity index (χ0n) is 7.16. The molecule has 1 aliphatic rings. The first kappa shape index (κ1) is 9.32. The van der Waals surface area contributed by atoms with E-state index in [9.17, 15) is 9.11 Å². The van der Waals surface area contributed by atoms with Crippen LogP contribution in [0.15, 0.2) is 0 Å². The van der Waals surface area contributed by atoms with Gasteiger partial charge in [0.2, 0.25) is 0 Å². The minimum Gasteiger partial charge on any atom is -0.286 e. The molecule has 0 radical (unpaired) electrons. The molecule has 0 aromatic heterocycles. The SMILES string of the molecule is CC1CCN(S(C)(O)O)CC1. The molecule has 0 aromatic carbocycles. The van der Waals surface area contributed by atoms with Crippen molar-refractivity contribution in [2.75, 3.05) is 19.3 Å². The highest BCUT2D eigenvalue weighted by atomic mass is 32.3. The fourth-order valence-electron chi connectivity index (χ4n) is 1.33. The molecule has 1 saturated heterocycles. The third-order valence-electron chi connectivity index (χ3n) is 2.23. The summed E-state index contributed by atoms with van der Waals surface area (Å²) in [5, 5.41) is 0. The van der Waals surface area contributed by atoms with Crippen molar-refractivity contribution in [3.63, 3.8) is 0 Å². The molecule has 1 aliphatic heterocycles. The van der Waals surface area contributed by atoms with Gasteiger partial charge in [-0.1, -0.05) is 6.92 Å². The van der Waals surface area contributed by atoms with Crippen LogP contribution in [0.2, 0.25) is 0 Å². The monoisotopic (exact) mass is 179 g/mol. The fourth-order valence-corrected chi connectivity index (χ4v) is 2.23. The van der Waals surface area contributed by atoms with Gasteiger partial charge in [0.05, 0.1) is 0 Å². The molecule has 0 aliphatic carbocycles. The average Bonchev–Trinajstić information content (AvgIpc) is 1.86. The number of hydrogen-bond acceptors (Lipinski definition) is 3. The first-order chi connectivity index (χ1) is 5.00. The average molecular weight is 179 g/mol. The second-order valence-electron chi connectivity index (χ2n) is 3.40. The summed E-state index contributed by atoms with van der Waals surface area (Å²) in [5.41, 5.74) is 0. The Kier molecular flexibility index (Phi) is 2.80. The molecular weight excluding hydrogens is 162 g/mol. The lowest BCUT2D eigenvalue weighted by Gasteiger charge is -2.43. The Balaban J connectivity index is 2.39. The summed E-state index contributed by atoms with van der Waals surface area (Å²) in [6.45, 7) is 3.87. The molecular formula is C7H17NO2S. The van der Waals surface area contributed by atoms with E-state index in [1.165, 1.54) is 6.26 Å². The summed E-state index contributed by atoms with van der Waals surface area (Å²) in [6, 6.07) is 0. The van der Waals surface area contributed by atoms with Gasteiger partial charge in [0.15, 0.2) is 0 Å². The van der Waals surface area contributed by atoms with E-state index in [2.05, 4.69) is 6.92 Å². The summed E-state index contributed by atoms with van der Waals surface area (Å²) < 4.78 is 20.4. The lowest BCUT2D eigenvalue weighted by Crippen LogP contribution is -2.34. The van der Waals surface area contributed by atoms with E-state index in [1.54, 1.807) is 4.31 Å². The Hall–Kier alpha value is 0.230. The quantitative estimate of drug-likeness (QED) is 0.647. The summed E-state index contributed by atoms with van der Waals surface area (Å²) in [6.07, 6.45) is 3.68. The molecule has 1 fully saturated rings. The van der Waals surface area contributed by atoms with Crippen molar-refractivity contribution in [3.8, 4) is 0 Å². The topological polar surface area (TPSA) is 43.7 Å². The van der Waals surface area contributed by atoms with Gasteiger partial charge in [-0.05, 0) is 18.8 Å². The zero-order valence-corrected chi connectivity index (χ0v) is 7.97. The third kappa shape index (κ3) is 2.63.